The van der Waals surface area contributed by atoms with E-state index in [0.717, 1.165) is 58.1 Å². The van der Waals surface area contributed by atoms with E-state index in [2.05, 4.69) is 35.1 Å². The van der Waals surface area contributed by atoms with E-state index in [1.165, 1.54) is 6.08 Å². The van der Waals surface area contributed by atoms with Gasteiger partial charge in [-0.3, -0.25) is 19.5 Å². The molecular formula is C39H45FN8O3. The molecule has 12 heteroatoms. The number of carbonyl (C=O) groups excluding carboxylic acids is 1. The average Bonchev–Trinajstić information content (AvgIpc) is 3.87. The van der Waals surface area contributed by atoms with E-state index >= 15 is 4.39 Å². The van der Waals surface area contributed by atoms with Crippen molar-refractivity contribution >= 4 is 38.6 Å². The number of nitriles is 1. The van der Waals surface area contributed by atoms with Crippen molar-refractivity contribution in [1.29, 1.82) is 5.26 Å². The summed E-state index contributed by atoms with van der Waals surface area (Å²) in [6.45, 7) is 9.82. The number of H-pyrrole nitrogens is 1. The zero-order valence-electron chi connectivity index (χ0n) is 30.2. The Morgan fingerprint density at radius 1 is 1.14 bits per heavy atom. The molecule has 1 amide bonds. The molecule has 5 heterocycles. The molecule has 4 atom stereocenters. The van der Waals surface area contributed by atoms with Gasteiger partial charge in [-0.25, -0.2) is 9.37 Å². The molecular weight excluding hydrogens is 647 g/mol. The zero-order valence-corrected chi connectivity index (χ0v) is 30.2. The van der Waals surface area contributed by atoms with Crippen molar-refractivity contribution in [3.8, 4) is 23.1 Å². The number of amides is 1. The Morgan fingerprint density at radius 2 is 1.96 bits per heavy atom. The Morgan fingerprint density at radius 3 is 2.71 bits per heavy atom. The van der Waals surface area contributed by atoms with Crippen LogP contribution in [0.25, 0.3) is 43.8 Å². The second-order valence-electron chi connectivity index (χ2n) is 14.2. The van der Waals surface area contributed by atoms with Crippen LogP contribution in [0.4, 0.5) is 4.39 Å². The number of aromatic amines is 1. The number of fused-ring (bicyclic) bond motifs is 4. The van der Waals surface area contributed by atoms with Crippen molar-refractivity contribution in [2.24, 2.45) is 0 Å². The van der Waals surface area contributed by atoms with Gasteiger partial charge in [-0.1, -0.05) is 6.08 Å². The topological polar surface area (TPSA) is 125 Å². The van der Waals surface area contributed by atoms with Gasteiger partial charge < -0.3 is 14.4 Å². The highest BCUT2D eigenvalue weighted by Gasteiger charge is 2.35. The number of nitrogens with one attached hydrogen (secondary N) is 1. The van der Waals surface area contributed by atoms with E-state index in [-0.39, 0.29) is 42.1 Å². The molecule has 1 unspecified atom stereocenters. The summed E-state index contributed by atoms with van der Waals surface area (Å²) in [4.78, 5) is 22.2. The summed E-state index contributed by atoms with van der Waals surface area (Å²) in [7, 11) is 3.68. The van der Waals surface area contributed by atoms with Gasteiger partial charge in [-0.2, -0.15) is 15.5 Å². The van der Waals surface area contributed by atoms with Gasteiger partial charge in [0.1, 0.15) is 11.6 Å². The highest BCUT2D eigenvalue weighted by atomic mass is 19.1. The van der Waals surface area contributed by atoms with E-state index in [1.807, 2.05) is 37.6 Å². The average molecular weight is 693 g/mol. The van der Waals surface area contributed by atoms with Crippen LogP contribution in [-0.2, 0) is 9.53 Å². The number of benzene rings is 2. The maximum absolute atomic E-state index is 17.4. The molecule has 0 spiro atoms. The second-order valence-corrected chi connectivity index (χ2v) is 14.2. The third-order valence-electron chi connectivity index (χ3n) is 11.0. The van der Waals surface area contributed by atoms with Crippen LogP contribution in [-0.4, -0.2) is 92.7 Å². The third-order valence-corrected chi connectivity index (χ3v) is 11.0. The first-order valence-corrected chi connectivity index (χ1v) is 17.8. The normalized spacial score (nSPS) is 20.6. The van der Waals surface area contributed by atoms with Gasteiger partial charge in [0.2, 0.25) is 11.8 Å². The lowest BCUT2D eigenvalue weighted by molar-refractivity contribution is -0.130. The molecule has 3 aromatic heterocycles. The van der Waals surface area contributed by atoms with Crippen LogP contribution in [0.1, 0.15) is 61.8 Å². The lowest BCUT2D eigenvalue weighted by atomic mass is 9.89. The number of ether oxygens (including phenoxy) is 2. The number of methoxy groups -OCH3 is 1. The number of likely N-dealkylation sites (N-methyl/N-ethyl adjacent to an activating group) is 1. The van der Waals surface area contributed by atoms with E-state index in [1.54, 1.807) is 30.5 Å². The van der Waals surface area contributed by atoms with Gasteiger partial charge in [0.15, 0.2) is 5.82 Å². The Balaban J connectivity index is 1.39. The summed E-state index contributed by atoms with van der Waals surface area (Å²) >= 11 is 0. The minimum Gasteiger partial charge on any atom is -0.472 e. The minimum absolute atomic E-state index is 0.141. The quantitative estimate of drug-likeness (QED) is 0.169. The van der Waals surface area contributed by atoms with Crippen LogP contribution in [0, 0.1) is 37.9 Å². The molecule has 0 aliphatic carbocycles. The molecule has 2 saturated heterocycles. The van der Waals surface area contributed by atoms with Crippen LogP contribution in [0.15, 0.2) is 36.7 Å². The van der Waals surface area contributed by atoms with E-state index in [9.17, 15) is 10.1 Å². The van der Waals surface area contributed by atoms with Crippen LogP contribution in [0.2, 0.25) is 0 Å². The van der Waals surface area contributed by atoms with Crippen LogP contribution in [0.3, 0.4) is 0 Å². The number of pyridine rings is 1. The molecule has 266 valence electrons. The molecule has 2 fully saturated rings. The molecule has 11 nitrogen and oxygen atoms in total. The standard InChI is InChI=1S/C39H45FN8O3/c1-22-18-31-29(20-42-45-31)35(24(22)3)34-23(2)17-28-37(36(34)40)44-39(51-25(4)32-9-7-14-46(32)5)30-21-43-48(38(28)30)27-12-15-47(26(19-27)11-13-41)33(49)10-8-16-50-6/h8,10,17-18,20-21,25-27,32H,7,9,11-12,14-16,19H2,1-6H3,(H,42,45)/b10-8+/t25?,26-,27+,32+/m1/s1. The molecule has 51 heavy (non-hydrogen) atoms. The SMILES string of the molecule is COC/C=C/C(=O)N1CC[C@H](n2ncc3c(OC(C)[C@@H]4CCCN4C)nc4c(F)c(-c5c(C)c(C)cc6[nH]ncc56)c(C)cc4c32)C[C@H]1CC#N. The monoisotopic (exact) mass is 692 g/mol. The Kier molecular flexibility index (Phi) is 9.52. The number of hydrogen-bond acceptors (Lipinski definition) is 8. The fourth-order valence-electron chi connectivity index (χ4n) is 8.30. The fourth-order valence-corrected chi connectivity index (χ4v) is 8.30. The smallest absolute Gasteiger partial charge is 0.246 e. The van der Waals surface area contributed by atoms with Gasteiger partial charge in [-0.05, 0) is 101 Å². The number of piperidine rings is 1. The first kappa shape index (κ1) is 34.6. The van der Waals surface area contributed by atoms with Gasteiger partial charge in [-0.15, -0.1) is 0 Å². The maximum atomic E-state index is 17.4. The van der Waals surface area contributed by atoms with E-state index < -0.39 is 5.82 Å². The van der Waals surface area contributed by atoms with Crippen LogP contribution in [0.5, 0.6) is 5.88 Å². The van der Waals surface area contributed by atoms with Crippen LogP contribution >= 0.6 is 0 Å². The van der Waals surface area contributed by atoms with Crippen molar-refractivity contribution in [2.75, 3.05) is 33.9 Å². The summed E-state index contributed by atoms with van der Waals surface area (Å²) < 4.78 is 31.1. The number of halogens is 1. The van der Waals surface area contributed by atoms with Gasteiger partial charge in [0.05, 0.1) is 54.0 Å². The molecule has 5 aromatic rings. The summed E-state index contributed by atoms with van der Waals surface area (Å²) in [5.74, 6) is -0.211. The number of nitrogens with zero attached hydrogens (tertiary/aromatic N) is 7. The Bertz CT molecular complexity index is 2200. The van der Waals surface area contributed by atoms with Gasteiger partial charge in [0.25, 0.3) is 0 Å². The molecule has 1 N–H and O–H groups in total. The number of carbonyl (C=O) groups is 1. The molecule has 0 radical (unpaired) electrons. The molecule has 2 aliphatic heterocycles. The second kappa shape index (κ2) is 14.0. The van der Waals surface area contributed by atoms with Crippen molar-refractivity contribution in [1.82, 2.24) is 34.8 Å². The Hall–Kier alpha value is -4.86. The fraction of sp³-hybridized carbons (Fsp3) is 0.462. The third kappa shape index (κ3) is 6.12. The zero-order chi connectivity index (χ0) is 36.0. The molecule has 2 aliphatic rings. The highest BCUT2D eigenvalue weighted by molar-refractivity contribution is 6.09. The summed E-state index contributed by atoms with van der Waals surface area (Å²) in [5, 5.41) is 24.2. The maximum Gasteiger partial charge on any atom is 0.246 e. The summed E-state index contributed by atoms with van der Waals surface area (Å²) in [6.07, 6.45) is 9.97. The lowest BCUT2D eigenvalue weighted by Gasteiger charge is -2.38. The first-order valence-electron chi connectivity index (χ1n) is 17.8. The number of hydrogen-bond donors (Lipinski definition) is 1. The molecule has 0 saturated carbocycles. The van der Waals surface area contributed by atoms with Gasteiger partial charge >= 0.3 is 0 Å². The van der Waals surface area contributed by atoms with Gasteiger partial charge in [0, 0.05) is 48.2 Å². The Labute approximate surface area is 297 Å². The predicted molar refractivity (Wildman–Crippen MR) is 195 cm³/mol. The number of aromatic nitrogens is 5. The van der Waals surface area contributed by atoms with Crippen molar-refractivity contribution in [3.63, 3.8) is 0 Å². The highest BCUT2D eigenvalue weighted by Crippen LogP contribution is 2.43. The van der Waals surface area contributed by atoms with E-state index in [0.29, 0.717) is 48.2 Å². The summed E-state index contributed by atoms with van der Waals surface area (Å²) in [6, 6.07) is 6.09. The minimum atomic E-state index is -0.419. The number of aryl methyl sites for hydroxylation is 2. The molecule has 2 aromatic carbocycles. The molecule has 0 bridgehead atoms. The largest absolute Gasteiger partial charge is 0.472 e. The number of rotatable bonds is 9. The molecule has 7 rings (SSSR count). The first-order chi connectivity index (χ1) is 24.6. The van der Waals surface area contributed by atoms with Crippen LogP contribution < -0.4 is 4.74 Å². The van der Waals surface area contributed by atoms with Crippen molar-refractivity contribution in [2.45, 2.75) is 84.0 Å². The van der Waals surface area contributed by atoms with Crippen molar-refractivity contribution < 1.29 is 18.7 Å². The predicted octanol–water partition coefficient (Wildman–Crippen LogP) is 6.70. The van der Waals surface area contributed by atoms with E-state index in [4.69, 9.17) is 19.6 Å². The summed E-state index contributed by atoms with van der Waals surface area (Å²) in [5.41, 5.74) is 5.87. The number of likely N-dealkylation sites (tertiary alicyclic amines) is 2. The lowest BCUT2D eigenvalue weighted by Crippen LogP contribution is -2.46. The van der Waals surface area contributed by atoms with Crippen molar-refractivity contribution in [3.05, 3.63) is 59.2 Å².